The minimum absolute atomic E-state index is 0.133. The van der Waals surface area contributed by atoms with Gasteiger partial charge in [0.2, 0.25) is 5.91 Å². The predicted molar refractivity (Wildman–Crippen MR) is 95.7 cm³/mol. The number of carbonyl (C=O) groups is 1. The third kappa shape index (κ3) is 3.54. The molecule has 0 aliphatic carbocycles. The van der Waals surface area contributed by atoms with Crippen LogP contribution in [0.25, 0.3) is 11.1 Å². The molecule has 1 aromatic heterocycles. The van der Waals surface area contributed by atoms with Crippen molar-refractivity contribution in [2.24, 2.45) is 0 Å². The van der Waals surface area contributed by atoms with Gasteiger partial charge < -0.3 is 14.5 Å². The van der Waals surface area contributed by atoms with E-state index in [1.165, 1.54) is 11.8 Å². The number of amides is 1. The second-order valence-electron chi connectivity index (χ2n) is 5.40. The Bertz CT molecular complexity index is 843. The maximum atomic E-state index is 12.5. The molecule has 0 bridgehead atoms. The average Bonchev–Trinajstić information content (AvgIpc) is 2.97. The summed E-state index contributed by atoms with van der Waals surface area (Å²) in [6.45, 7) is 3.78. The Kier molecular flexibility index (Phi) is 4.76. The number of benzene rings is 2. The number of aromatic nitrogens is 1. The van der Waals surface area contributed by atoms with E-state index in [2.05, 4.69) is 10.3 Å². The van der Waals surface area contributed by atoms with Gasteiger partial charge in [0, 0.05) is 0 Å². The van der Waals surface area contributed by atoms with Gasteiger partial charge in [-0.05, 0) is 43.7 Å². The van der Waals surface area contributed by atoms with Crippen LogP contribution in [0.15, 0.2) is 52.1 Å². The summed E-state index contributed by atoms with van der Waals surface area (Å²) >= 11 is 1.28. The van der Waals surface area contributed by atoms with Crippen LogP contribution in [0.1, 0.15) is 12.5 Å². The maximum absolute atomic E-state index is 12.5. The van der Waals surface area contributed by atoms with E-state index in [0.29, 0.717) is 22.2 Å². The SMILES string of the molecule is COc1ccc(C)cc1NC(=O)C(C)Sc1nc2ccccc2o1. The number of ether oxygens (including phenoxy) is 1. The number of methoxy groups -OCH3 is 1. The lowest BCUT2D eigenvalue weighted by Gasteiger charge is -2.13. The Morgan fingerprint density at radius 1 is 1.29 bits per heavy atom. The molecule has 3 aromatic rings. The fourth-order valence-electron chi connectivity index (χ4n) is 2.26. The van der Waals surface area contributed by atoms with Crippen LogP contribution in [0.2, 0.25) is 0 Å². The fraction of sp³-hybridized carbons (Fsp3) is 0.222. The van der Waals surface area contributed by atoms with Gasteiger partial charge in [-0.25, -0.2) is 4.98 Å². The van der Waals surface area contributed by atoms with Crippen molar-refractivity contribution in [1.82, 2.24) is 4.98 Å². The van der Waals surface area contributed by atoms with Crippen LogP contribution in [0, 0.1) is 6.92 Å². The van der Waals surface area contributed by atoms with Crippen LogP contribution in [0.3, 0.4) is 0 Å². The summed E-state index contributed by atoms with van der Waals surface area (Å²) in [5, 5.41) is 3.03. The van der Waals surface area contributed by atoms with Crippen molar-refractivity contribution in [3.63, 3.8) is 0 Å². The summed E-state index contributed by atoms with van der Waals surface area (Å²) in [6.07, 6.45) is 0. The first-order chi connectivity index (χ1) is 11.6. The predicted octanol–water partition coefficient (Wildman–Crippen LogP) is 4.26. The molecular formula is C18H18N2O3S. The molecule has 24 heavy (non-hydrogen) atoms. The highest BCUT2D eigenvalue weighted by Gasteiger charge is 2.19. The van der Waals surface area contributed by atoms with Crippen molar-refractivity contribution in [3.8, 4) is 5.75 Å². The molecule has 1 unspecified atom stereocenters. The number of anilines is 1. The first kappa shape index (κ1) is 16.4. The molecule has 3 rings (SSSR count). The Morgan fingerprint density at radius 3 is 2.83 bits per heavy atom. The number of para-hydroxylation sites is 2. The van der Waals surface area contributed by atoms with E-state index >= 15 is 0 Å². The maximum Gasteiger partial charge on any atom is 0.257 e. The van der Waals surface area contributed by atoms with Gasteiger partial charge in [-0.1, -0.05) is 30.0 Å². The number of nitrogens with one attached hydrogen (secondary N) is 1. The molecule has 5 nitrogen and oxygen atoms in total. The topological polar surface area (TPSA) is 64.4 Å². The van der Waals surface area contributed by atoms with Crippen molar-refractivity contribution >= 4 is 34.5 Å². The van der Waals surface area contributed by atoms with E-state index in [4.69, 9.17) is 9.15 Å². The average molecular weight is 342 g/mol. The van der Waals surface area contributed by atoms with Gasteiger partial charge in [0.25, 0.3) is 5.22 Å². The van der Waals surface area contributed by atoms with Crippen molar-refractivity contribution in [1.29, 1.82) is 0 Å². The lowest BCUT2D eigenvalue weighted by molar-refractivity contribution is -0.115. The number of rotatable bonds is 5. The molecule has 0 aliphatic rings. The van der Waals surface area contributed by atoms with Crippen LogP contribution in [-0.4, -0.2) is 23.3 Å². The molecule has 6 heteroatoms. The third-order valence-electron chi connectivity index (χ3n) is 3.53. The summed E-state index contributed by atoms with van der Waals surface area (Å²) in [5.41, 5.74) is 3.21. The van der Waals surface area contributed by atoms with Crippen molar-refractivity contribution in [2.45, 2.75) is 24.3 Å². The monoisotopic (exact) mass is 342 g/mol. The van der Waals surface area contributed by atoms with E-state index in [-0.39, 0.29) is 11.2 Å². The normalized spacial score (nSPS) is 12.1. The van der Waals surface area contributed by atoms with Crippen molar-refractivity contribution in [2.75, 3.05) is 12.4 Å². The molecule has 0 aliphatic heterocycles. The Hall–Kier alpha value is -2.47. The minimum atomic E-state index is -0.358. The van der Waals surface area contributed by atoms with E-state index < -0.39 is 0 Å². The molecule has 0 spiro atoms. The van der Waals surface area contributed by atoms with Crippen molar-refractivity contribution < 1.29 is 13.9 Å². The van der Waals surface area contributed by atoms with Crippen LogP contribution < -0.4 is 10.1 Å². The molecular weight excluding hydrogens is 324 g/mol. The van der Waals surface area contributed by atoms with Crippen LogP contribution in [0.5, 0.6) is 5.75 Å². The standard InChI is InChI=1S/C18H18N2O3S/c1-11-8-9-15(22-3)14(10-11)19-17(21)12(2)24-18-20-13-6-4-5-7-16(13)23-18/h4-10,12H,1-3H3,(H,19,21). The lowest BCUT2D eigenvalue weighted by atomic mass is 10.2. The molecule has 0 saturated heterocycles. The zero-order valence-electron chi connectivity index (χ0n) is 13.7. The quantitative estimate of drug-likeness (QED) is 0.702. The summed E-state index contributed by atoms with van der Waals surface area (Å²) in [4.78, 5) is 16.8. The number of carbonyl (C=O) groups excluding carboxylic acids is 1. The van der Waals surface area contributed by atoms with Gasteiger partial charge in [0.15, 0.2) is 5.58 Å². The van der Waals surface area contributed by atoms with E-state index in [1.54, 1.807) is 7.11 Å². The zero-order valence-corrected chi connectivity index (χ0v) is 14.5. The van der Waals surface area contributed by atoms with Crippen LogP contribution in [0.4, 0.5) is 5.69 Å². The van der Waals surface area contributed by atoms with Gasteiger partial charge in [-0.2, -0.15) is 0 Å². The Morgan fingerprint density at radius 2 is 2.08 bits per heavy atom. The number of hydrogen-bond donors (Lipinski definition) is 1. The van der Waals surface area contributed by atoms with Crippen molar-refractivity contribution in [3.05, 3.63) is 48.0 Å². The molecule has 2 aromatic carbocycles. The summed E-state index contributed by atoms with van der Waals surface area (Å²) < 4.78 is 10.9. The molecule has 0 fully saturated rings. The first-order valence-corrected chi connectivity index (χ1v) is 8.42. The molecule has 1 atom stereocenters. The number of oxazole rings is 1. The lowest BCUT2D eigenvalue weighted by Crippen LogP contribution is -2.22. The van der Waals surface area contributed by atoms with Gasteiger partial charge in [0.1, 0.15) is 11.3 Å². The number of aryl methyl sites for hydroxylation is 1. The van der Waals surface area contributed by atoms with Gasteiger partial charge >= 0.3 is 0 Å². The van der Waals surface area contributed by atoms with E-state index in [0.717, 1.165) is 11.1 Å². The number of fused-ring (bicyclic) bond motifs is 1. The largest absolute Gasteiger partial charge is 0.495 e. The zero-order chi connectivity index (χ0) is 17.1. The number of nitrogens with zero attached hydrogens (tertiary/aromatic N) is 1. The van der Waals surface area contributed by atoms with Gasteiger partial charge in [-0.3, -0.25) is 4.79 Å². The highest BCUT2D eigenvalue weighted by atomic mass is 32.2. The highest BCUT2D eigenvalue weighted by molar-refractivity contribution is 8.00. The van der Waals surface area contributed by atoms with Gasteiger partial charge in [-0.15, -0.1) is 0 Å². The fourth-order valence-corrected chi connectivity index (χ4v) is 3.02. The minimum Gasteiger partial charge on any atom is -0.495 e. The summed E-state index contributed by atoms with van der Waals surface area (Å²) in [7, 11) is 1.58. The Balaban J connectivity index is 1.71. The van der Waals surface area contributed by atoms with Crippen LogP contribution in [-0.2, 0) is 4.79 Å². The molecule has 124 valence electrons. The first-order valence-electron chi connectivity index (χ1n) is 7.54. The number of thioether (sulfide) groups is 1. The summed E-state index contributed by atoms with van der Waals surface area (Å²) in [5.74, 6) is 0.499. The smallest absolute Gasteiger partial charge is 0.257 e. The highest BCUT2D eigenvalue weighted by Crippen LogP contribution is 2.29. The van der Waals surface area contributed by atoms with Gasteiger partial charge in [0.05, 0.1) is 18.0 Å². The molecule has 0 radical (unpaired) electrons. The molecule has 1 N–H and O–H groups in total. The van der Waals surface area contributed by atoms with E-state index in [9.17, 15) is 4.79 Å². The number of hydrogen-bond acceptors (Lipinski definition) is 5. The second kappa shape index (κ2) is 6.97. The molecule has 1 heterocycles. The van der Waals surface area contributed by atoms with E-state index in [1.807, 2.05) is 56.3 Å². The molecule has 1 amide bonds. The summed E-state index contributed by atoms with van der Waals surface area (Å²) in [6, 6.07) is 13.2. The molecule has 0 saturated carbocycles. The third-order valence-corrected chi connectivity index (χ3v) is 4.48. The Labute approximate surface area is 144 Å². The second-order valence-corrected chi connectivity index (χ2v) is 6.69. The van der Waals surface area contributed by atoms with Crippen LogP contribution >= 0.6 is 11.8 Å².